The predicted molar refractivity (Wildman–Crippen MR) is 76.4 cm³/mol. The standard InChI is InChI=1S/C12H10BrIO/c13-11-7-4-8-12(14-11)15-9-10-5-2-1-3-6-10/h1-8H,9H2. The van der Waals surface area contributed by atoms with Crippen LogP contribution in [-0.2, 0) is 11.3 Å². The van der Waals surface area contributed by atoms with E-state index in [1.807, 2.05) is 24.3 Å². The van der Waals surface area contributed by atoms with E-state index in [-0.39, 0.29) is 20.7 Å². The zero-order valence-electron chi connectivity index (χ0n) is 7.99. The number of halogens is 2. The van der Waals surface area contributed by atoms with Crippen molar-refractivity contribution in [3.63, 3.8) is 0 Å². The number of hydrogen-bond acceptors (Lipinski definition) is 1. The van der Waals surface area contributed by atoms with Crippen LogP contribution in [0.1, 0.15) is 5.56 Å². The van der Waals surface area contributed by atoms with Crippen LogP contribution in [0.25, 0.3) is 0 Å². The number of ether oxygens (including phenoxy) is 1. The van der Waals surface area contributed by atoms with E-state index in [9.17, 15) is 0 Å². The van der Waals surface area contributed by atoms with Gasteiger partial charge in [0.1, 0.15) is 3.69 Å². The molecule has 1 aromatic rings. The van der Waals surface area contributed by atoms with Crippen molar-refractivity contribution in [1.82, 2.24) is 0 Å². The number of benzene rings is 1. The highest BCUT2D eigenvalue weighted by atomic mass is 127. The first kappa shape index (κ1) is 11.2. The lowest BCUT2D eigenvalue weighted by Crippen LogP contribution is -1.99. The fourth-order valence-electron chi connectivity index (χ4n) is 1.15. The maximum atomic E-state index is 5.75. The molecular weight excluding hydrogens is 367 g/mol. The van der Waals surface area contributed by atoms with E-state index in [2.05, 4.69) is 40.2 Å². The molecule has 0 radical (unpaired) electrons. The summed E-state index contributed by atoms with van der Waals surface area (Å²) in [4.78, 5) is 0. The fraction of sp³-hybridized carbons (Fsp3) is 0.0833. The van der Waals surface area contributed by atoms with Crippen molar-refractivity contribution < 1.29 is 4.74 Å². The van der Waals surface area contributed by atoms with Crippen LogP contribution in [0.5, 0.6) is 0 Å². The van der Waals surface area contributed by atoms with Gasteiger partial charge in [-0.1, -0.05) is 36.4 Å². The van der Waals surface area contributed by atoms with Crippen molar-refractivity contribution in [3.05, 3.63) is 56.6 Å². The minimum atomic E-state index is -0.127. The number of hydrogen-bond donors (Lipinski definition) is 0. The Morgan fingerprint density at radius 2 is 2.00 bits per heavy atom. The Kier molecular flexibility index (Phi) is 4.29. The van der Waals surface area contributed by atoms with Gasteiger partial charge < -0.3 is 4.74 Å². The third kappa shape index (κ3) is 3.66. The van der Waals surface area contributed by atoms with Crippen LogP contribution in [0, 0.1) is 0 Å². The van der Waals surface area contributed by atoms with Gasteiger partial charge in [-0.05, 0) is 54.4 Å². The van der Waals surface area contributed by atoms with Crippen molar-refractivity contribution in [2.45, 2.75) is 6.61 Å². The summed E-state index contributed by atoms with van der Waals surface area (Å²) >= 11 is 3.39. The van der Waals surface area contributed by atoms with Gasteiger partial charge in [-0.3, -0.25) is 0 Å². The molecule has 0 N–H and O–H groups in total. The van der Waals surface area contributed by atoms with E-state index in [1.165, 1.54) is 8.05 Å². The topological polar surface area (TPSA) is 9.23 Å². The van der Waals surface area contributed by atoms with Crippen LogP contribution in [0.4, 0.5) is 0 Å². The van der Waals surface area contributed by atoms with Gasteiger partial charge in [0.05, 0.1) is 9.10 Å². The SMILES string of the molecule is BrC1=CC=CC(OCc2ccccc2)=I1. The normalized spacial score (nSPS) is 15.3. The van der Waals surface area contributed by atoms with Crippen LogP contribution < -0.4 is 0 Å². The molecule has 1 nitrogen and oxygen atoms in total. The van der Waals surface area contributed by atoms with E-state index in [0.717, 1.165) is 3.69 Å². The molecule has 0 saturated carbocycles. The van der Waals surface area contributed by atoms with Crippen molar-refractivity contribution in [1.29, 1.82) is 0 Å². The second-order valence-corrected chi connectivity index (χ2v) is 8.09. The predicted octanol–water partition coefficient (Wildman–Crippen LogP) is 4.11. The van der Waals surface area contributed by atoms with Crippen LogP contribution >= 0.6 is 36.7 Å². The summed E-state index contributed by atoms with van der Waals surface area (Å²) in [6, 6.07) is 10.2. The minimum Gasteiger partial charge on any atom is -0.335 e. The lowest BCUT2D eigenvalue weighted by Gasteiger charge is -2.06. The van der Waals surface area contributed by atoms with Crippen molar-refractivity contribution in [2.24, 2.45) is 0 Å². The lowest BCUT2D eigenvalue weighted by atomic mass is 10.2. The maximum Gasteiger partial charge on any atom is 0.109 e. The Balaban J connectivity index is 1.95. The van der Waals surface area contributed by atoms with Gasteiger partial charge in [-0.25, -0.2) is 0 Å². The van der Waals surface area contributed by atoms with Gasteiger partial charge in [0.15, 0.2) is 0 Å². The smallest absolute Gasteiger partial charge is 0.109 e. The molecule has 78 valence electrons. The van der Waals surface area contributed by atoms with Crippen LogP contribution in [0.15, 0.2) is 51.0 Å². The largest absolute Gasteiger partial charge is 0.335 e. The average Bonchev–Trinajstić information content (AvgIpc) is 2.28. The maximum absolute atomic E-state index is 5.75. The highest BCUT2D eigenvalue weighted by Crippen LogP contribution is 2.26. The van der Waals surface area contributed by atoms with E-state index in [0.29, 0.717) is 6.61 Å². The second kappa shape index (κ2) is 5.72. The molecule has 0 fully saturated rings. The van der Waals surface area contributed by atoms with Crippen LogP contribution in [0.3, 0.4) is 0 Å². The molecule has 0 amide bonds. The molecule has 0 aromatic heterocycles. The monoisotopic (exact) mass is 376 g/mol. The Hall–Kier alpha value is -0.260. The molecule has 3 heteroatoms. The first-order valence-corrected chi connectivity index (χ1v) is 7.52. The summed E-state index contributed by atoms with van der Waals surface area (Å²) in [7, 11) is 0. The number of allylic oxidation sites excluding steroid dienone is 2. The quantitative estimate of drug-likeness (QED) is 0.721. The highest BCUT2D eigenvalue weighted by Gasteiger charge is 2.00. The van der Waals surface area contributed by atoms with E-state index >= 15 is 0 Å². The third-order valence-electron chi connectivity index (χ3n) is 1.85. The Morgan fingerprint density at radius 3 is 2.73 bits per heavy atom. The summed E-state index contributed by atoms with van der Waals surface area (Å²) in [5.41, 5.74) is 1.22. The molecule has 0 bridgehead atoms. The van der Waals surface area contributed by atoms with E-state index in [1.54, 1.807) is 0 Å². The van der Waals surface area contributed by atoms with Crippen LogP contribution in [0.2, 0.25) is 0 Å². The van der Waals surface area contributed by atoms with Crippen LogP contribution in [-0.4, -0.2) is 3.69 Å². The average molecular weight is 377 g/mol. The third-order valence-corrected chi connectivity index (χ3v) is 5.20. The summed E-state index contributed by atoms with van der Waals surface area (Å²) in [6.07, 6.45) is 6.16. The molecule has 1 heterocycles. The molecule has 0 aliphatic carbocycles. The summed E-state index contributed by atoms with van der Waals surface area (Å²) in [5.74, 6) is 0. The molecule has 0 spiro atoms. The molecule has 15 heavy (non-hydrogen) atoms. The minimum absolute atomic E-state index is 0.127. The van der Waals surface area contributed by atoms with Gasteiger partial charge in [0, 0.05) is 0 Å². The van der Waals surface area contributed by atoms with Gasteiger partial charge in [-0.15, -0.1) is 0 Å². The highest BCUT2D eigenvalue weighted by molar-refractivity contribution is 14.2. The van der Waals surface area contributed by atoms with E-state index in [4.69, 9.17) is 4.74 Å². The zero-order chi connectivity index (χ0) is 10.5. The number of rotatable bonds is 3. The fourth-order valence-corrected chi connectivity index (χ4v) is 3.89. The molecule has 0 atom stereocenters. The summed E-state index contributed by atoms with van der Waals surface area (Å²) < 4.78 is 8.14. The van der Waals surface area contributed by atoms with Gasteiger partial charge in [0.2, 0.25) is 0 Å². The first-order valence-electron chi connectivity index (χ1n) is 4.57. The van der Waals surface area contributed by atoms with Crippen molar-refractivity contribution >= 4 is 40.4 Å². The molecule has 1 aliphatic heterocycles. The van der Waals surface area contributed by atoms with Gasteiger partial charge in [0.25, 0.3) is 0 Å². The van der Waals surface area contributed by atoms with Crippen molar-refractivity contribution in [3.8, 4) is 0 Å². The molecule has 1 aliphatic rings. The molecule has 0 unspecified atom stereocenters. The Bertz CT molecular complexity index is 421. The molecular formula is C12H10BrIO. The van der Waals surface area contributed by atoms with Gasteiger partial charge >= 0.3 is 0 Å². The summed E-state index contributed by atoms with van der Waals surface area (Å²) in [6.45, 7) is 0.667. The Morgan fingerprint density at radius 1 is 1.20 bits per heavy atom. The first-order chi connectivity index (χ1) is 7.34. The second-order valence-electron chi connectivity index (χ2n) is 2.99. The summed E-state index contributed by atoms with van der Waals surface area (Å²) in [5, 5.41) is 0. The zero-order valence-corrected chi connectivity index (χ0v) is 11.7. The van der Waals surface area contributed by atoms with Gasteiger partial charge in [-0.2, -0.15) is 0 Å². The van der Waals surface area contributed by atoms with Crippen molar-refractivity contribution in [2.75, 3.05) is 0 Å². The molecule has 1 aromatic carbocycles. The molecule has 0 saturated heterocycles. The van der Waals surface area contributed by atoms with E-state index < -0.39 is 0 Å². The Labute approximate surface area is 108 Å². The lowest BCUT2D eigenvalue weighted by molar-refractivity contribution is 0.305. The molecule has 2 rings (SSSR count).